The molecule has 1 aromatic heterocycles. The Bertz CT molecular complexity index is 643. The van der Waals surface area contributed by atoms with Crippen LogP contribution in [0.3, 0.4) is 0 Å². The molecule has 252 valence electrons. The molecule has 0 aliphatic carbocycles. The van der Waals surface area contributed by atoms with E-state index in [4.69, 9.17) is 5.73 Å². The molecule has 1 heterocycles. The van der Waals surface area contributed by atoms with E-state index in [2.05, 4.69) is 39.4 Å². The number of nitrogens with one attached hydrogen (secondary N) is 2. The molecule has 0 unspecified atom stereocenters. The van der Waals surface area contributed by atoms with Crippen LogP contribution in [0, 0.1) is 0 Å². The third-order valence-electron chi connectivity index (χ3n) is 8.78. The summed E-state index contributed by atoms with van der Waals surface area (Å²) >= 11 is 0. The Morgan fingerprint density at radius 2 is 0.581 bits per heavy atom. The fourth-order valence-electron chi connectivity index (χ4n) is 5.94. The molecule has 1 rings (SSSR count). The number of hydrogen-bond acceptors (Lipinski definition) is 6. The molecule has 43 heavy (non-hydrogen) atoms. The van der Waals surface area contributed by atoms with Crippen LogP contribution in [-0.2, 0) is 0 Å². The normalized spacial score (nSPS) is 11.3. The number of hydrogen-bond donors (Lipinski definition) is 3. The minimum atomic E-state index is 0.285. The predicted molar refractivity (Wildman–Crippen MR) is 191 cm³/mol. The first-order chi connectivity index (χ1) is 21.3. The summed E-state index contributed by atoms with van der Waals surface area (Å²) in [6.07, 6.45) is 41.5. The average Bonchev–Trinajstić information content (AvgIpc) is 3.00. The van der Waals surface area contributed by atoms with Crippen molar-refractivity contribution in [1.82, 2.24) is 15.0 Å². The first kappa shape index (κ1) is 39.4. The Morgan fingerprint density at radius 1 is 0.349 bits per heavy atom. The average molecular weight is 603 g/mol. The van der Waals surface area contributed by atoms with Crippen molar-refractivity contribution in [3.63, 3.8) is 0 Å². The first-order valence-corrected chi connectivity index (χ1v) is 19.3. The topological polar surface area (TPSA) is 88.8 Å². The van der Waals surface area contributed by atoms with Gasteiger partial charge < -0.3 is 16.4 Å². The molecule has 0 fully saturated rings. The van der Waals surface area contributed by atoms with E-state index in [0.29, 0.717) is 11.9 Å². The highest BCUT2D eigenvalue weighted by Crippen LogP contribution is 2.15. The maximum atomic E-state index is 5.94. The van der Waals surface area contributed by atoms with Crippen LogP contribution in [-0.4, -0.2) is 28.0 Å². The van der Waals surface area contributed by atoms with Crippen LogP contribution >= 0.6 is 0 Å². The summed E-state index contributed by atoms with van der Waals surface area (Å²) in [5.74, 6) is 1.47. The van der Waals surface area contributed by atoms with Crippen molar-refractivity contribution in [1.29, 1.82) is 0 Å². The number of anilines is 3. The molecule has 0 radical (unpaired) electrons. The van der Waals surface area contributed by atoms with Crippen molar-refractivity contribution in [2.24, 2.45) is 0 Å². The zero-order valence-corrected chi connectivity index (χ0v) is 29.0. The highest BCUT2D eigenvalue weighted by Gasteiger charge is 2.04. The molecule has 6 heteroatoms. The molecule has 6 nitrogen and oxygen atoms in total. The van der Waals surface area contributed by atoms with E-state index in [1.54, 1.807) is 0 Å². The molecule has 0 spiro atoms. The molecule has 0 aliphatic rings. The number of nitrogens with two attached hydrogens (primary N) is 1. The van der Waals surface area contributed by atoms with E-state index < -0.39 is 0 Å². The number of nitrogens with zero attached hydrogens (tertiary/aromatic N) is 3. The van der Waals surface area contributed by atoms with Gasteiger partial charge in [0.1, 0.15) is 0 Å². The van der Waals surface area contributed by atoms with Crippen LogP contribution in [0.1, 0.15) is 206 Å². The lowest BCUT2D eigenvalue weighted by molar-refractivity contribution is 0.533. The number of rotatable bonds is 34. The molecule has 0 saturated heterocycles. The lowest BCUT2D eigenvalue weighted by Crippen LogP contribution is -2.12. The van der Waals surface area contributed by atoms with E-state index >= 15 is 0 Å². The van der Waals surface area contributed by atoms with Crippen molar-refractivity contribution < 1.29 is 0 Å². The van der Waals surface area contributed by atoms with E-state index in [-0.39, 0.29) is 5.95 Å². The summed E-state index contributed by atoms with van der Waals surface area (Å²) in [5, 5.41) is 6.69. The van der Waals surface area contributed by atoms with Gasteiger partial charge in [-0.15, -0.1) is 0 Å². The SMILES string of the molecule is CCCCCCCCCCCCCCCCCNc1nc(N)nc(NCCCCCCCCCCCCCCCCC)n1. The van der Waals surface area contributed by atoms with Crippen LogP contribution in [0.25, 0.3) is 0 Å². The van der Waals surface area contributed by atoms with Gasteiger partial charge in [0.2, 0.25) is 17.8 Å². The summed E-state index contributed by atoms with van der Waals surface area (Å²) in [6, 6.07) is 0. The van der Waals surface area contributed by atoms with Gasteiger partial charge in [0.25, 0.3) is 0 Å². The standard InChI is InChI=1S/C37H74N6/c1-3-5-7-9-11-13-15-17-19-21-23-25-27-29-31-33-39-36-41-35(38)42-37(43-36)40-34-32-30-28-26-24-22-20-18-16-14-12-10-8-6-4-2/h3-34H2,1-2H3,(H4,38,39,40,41,42,43). The molecule has 0 atom stereocenters. The van der Waals surface area contributed by atoms with Crippen LogP contribution < -0.4 is 16.4 Å². The molecule has 1 aromatic rings. The van der Waals surface area contributed by atoms with Crippen LogP contribution in [0.15, 0.2) is 0 Å². The smallest absolute Gasteiger partial charge is 0.229 e. The molecule has 4 N–H and O–H groups in total. The summed E-state index contributed by atoms with van der Waals surface area (Å²) in [7, 11) is 0. The van der Waals surface area contributed by atoms with Gasteiger partial charge in [0, 0.05) is 13.1 Å². The van der Waals surface area contributed by atoms with Crippen molar-refractivity contribution in [3.05, 3.63) is 0 Å². The minimum Gasteiger partial charge on any atom is -0.368 e. The lowest BCUT2D eigenvalue weighted by atomic mass is 10.0. The van der Waals surface area contributed by atoms with Crippen LogP contribution in [0.2, 0.25) is 0 Å². The van der Waals surface area contributed by atoms with Gasteiger partial charge >= 0.3 is 0 Å². The summed E-state index contributed by atoms with van der Waals surface area (Å²) < 4.78 is 0. The molecule has 0 saturated carbocycles. The van der Waals surface area contributed by atoms with Gasteiger partial charge in [-0.25, -0.2) is 0 Å². The second-order valence-corrected chi connectivity index (χ2v) is 13.1. The van der Waals surface area contributed by atoms with Gasteiger partial charge in [-0.05, 0) is 12.8 Å². The summed E-state index contributed by atoms with van der Waals surface area (Å²) in [4.78, 5) is 13.1. The number of nitrogen functional groups attached to an aromatic ring is 1. The highest BCUT2D eigenvalue weighted by molar-refractivity contribution is 5.39. The molecule has 0 aliphatic heterocycles. The van der Waals surface area contributed by atoms with Crippen LogP contribution in [0.4, 0.5) is 17.8 Å². The maximum Gasteiger partial charge on any atom is 0.229 e. The van der Waals surface area contributed by atoms with E-state index in [9.17, 15) is 0 Å². The molecular weight excluding hydrogens is 528 g/mol. The van der Waals surface area contributed by atoms with Gasteiger partial charge in [0.15, 0.2) is 0 Å². The predicted octanol–water partition coefficient (Wildman–Crippen LogP) is 12.0. The van der Waals surface area contributed by atoms with Crippen molar-refractivity contribution in [3.8, 4) is 0 Å². The summed E-state index contributed by atoms with van der Waals surface area (Å²) in [6.45, 7) is 6.36. The third kappa shape index (κ3) is 27.7. The summed E-state index contributed by atoms with van der Waals surface area (Å²) in [5.41, 5.74) is 5.94. The quantitative estimate of drug-likeness (QED) is 0.0680. The molecular formula is C37H74N6. The fraction of sp³-hybridized carbons (Fsp3) is 0.919. The van der Waals surface area contributed by atoms with E-state index in [1.807, 2.05) is 0 Å². The van der Waals surface area contributed by atoms with E-state index in [1.165, 1.54) is 180 Å². The zero-order valence-electron chi connectivity index (χ0n) is 29.0. The number of aromatic nitrogens is 3. The fourth-order valence-corrected chi connectivity index (χ4v) is 5.94. The Labute approximate surface area is 268 Å². The molecule has 0 aromatic carbocycles. The maximum absolute atomic E-state index is 5.94. The van der Waals surface area contributed by atoms with E-state index in [0.717, 1.165) is 25.9 Å². The Hall–Kier alpha value is -1.59. The van der Waals surface area contributed by atoms with Crippen molar-refractivity contribution >= 4 is 17.8 Å². The van der Waals surface area contributed by atoms with Crippen molar-refractivity contribution in [2.45, 2.75) is 206 Å². The van der Waals surface area contributed by atoms with Gasteiger partial charge in [-0.2, -0.15) is 15.0 Å². The monoisotopic (exact) mass is 603 g/mol. The first-order valence-electron chi connectivity index (χ1n) is 19.3. The van der Waals surface area contributed by atoms with Crippen molar-refractivity contribution in [2.75, 3.05) is 29.5 Å². The second-order valence-electron chi connectivity index (χ2n) is 13.1. The molecule has 0 bridgehead atoms. The van der Waals surface area contributed by atoms with Gasteiger partial charge in [-0.3, -0.25) is 0 Å². The Kier molecular flexibility index (Phi) is 29.2. The second kappa shape index (κ2) is 31.8. The minimum absolute atomic E-state index is 0.285. The van der Waals surface area contributed by atoms with Crippen LogP contribution in [0.5, 0.6) is 0 Å². The third-order valence-corrected chi connectivity index (χ3v) is 8.78. The number of unbranched alkanes of at least 4 members (excludes halogenated alkanes) is 28. The van der Waals surface area contributed by atoms with Gasteiger partial charge in [0.05, 0.1) is 0 Å². The largest absolute Gasteiger partial charge is 0.368 e. The Balaban J connectivity index is 1.91. The Morgan fingerprint density at radius 3 is 0.837 bits per heavy atom. The zero-order chi connectivity index (χ0) is 30.9. The molecule has 0 amide bonds. The van der Waals surface area contributed by atoms with Gasteiger partial charge in [-0.1, -0.05) is 194 Å². The highest BCUT2D eigenvalue weighted by atomic mass is 15.2. The lowest BCUT2D eigenvalue weighted by Gasteiger charge is -2.09.